The Hall–Kier alpha value is -9.77. The summed E-state index contributed by atoms with van der Waals surface area (Å²) in [6.45, 7) is 0. The van der Waals surface area contributed by atoms with Gasteiger partial charge in [-0.25, -0.2) is 15.0 Å². The van der Waals surface area contributed by atoms with Crippen LogP contribution in [0.1, 0.15) is 0 Å². The van der Waals surface area contributed by atoms with Gasteiger partial charge >= 0.3 is 0 Å². The minimum absolute atomic E-state index is 0.586. The summed E-state index contributed by atoms with van der Waals surface area (Å²) in [6, 6.07) is 99.2. The summed E-state index contributed by atoms with van der Waals surface area (Å²) in [5.74, 6) is 1.79. The summed E-state index contributed by atoms with van der Waals surface area (Å²) >= 11 is 0. The lowest BCUT2D eigenvalue weighted by Crippen LogP contribution is -2.04. The normalized spacial score (nSPS) is 11.3. The Morgan fingerprint density at radius 2 is 0.466 bits per heavy atom. The van der Waals surface area contributed by atoms with Crippen molar-refractivity contribution in [2.45, 2.75) is 0 Å². The molecule has 0 radical (unpaired) electrons. The fraction of sp³-hybridized carbons (Fsp3) is 0. The van der Waals surface area contributed by atoms with E-state index < -0.39 is 0 Å². The SMILES string of the molecule is c1ccc(-c2ccc(-c3nc(-c4ccc(-c5ccccc5)cc4)nc(-c4cc(-c5ccccc5)c(-n5c6ccc(-c7ccccc7)cc6c6cc(-c7ccccc7)ccc65)c(-c5ccccc5)c4)n3)cc2)cc1. The van der Waals surface area contributed by atoms with Gasteiger partial charge in [-0.15, -0.1) is 0 Å². The first-order chi connectivity index (χ1) is 36.2. The van der Waals surface area contributed by atoms with E-state index in [1.165, 1.54) is 33.0 Å². The lowest BCUT2D eigenvalue weighted by atomic mass is 9.92. The zero-order valence-electron chi connectivity index (χ0n) is 39.8. The van der Waals surface area contributed by atoms with E-state index in [2.05, 4.69) is 271 Å². The Labute approximate surface area is 424 Å². The molecule has 0 unspecified atom stereocenters. The third kappa shape index (κ3) is 8.37. The van der Waals surface area contributed by atoms with E-state index in [-0.39, 0.29) is 0 Å². The summed E-state index contributed by atoms with van der Waals surface area (Å²) in [4.78, 5) is 16.0. The minimum atomic E-state index is 0.586. The zero-order chi connectivity index (χ0) is 48.5. The molecule has 2 aromatic heterocycles. The van der Waals surface area contributed by atoms with Crippen LogP contribution in [0.2, 0.25) is 0 Å². The van der Waals surface area contributed by atoms with Gasteiger partial charge in [0.1, 0.15) is 0 Å². The van der Waals surface area contributed by atoms with E-state index >= 15 is 0 Å². The molecule has 13 aromatic rings. The van der Waals surface area contributed by atoms with Gasteiger partial charge in [-0.1, -0.05) is 243 Å². The minimum Gasteiger partial charge on any atom is -0.308 e. The maximum atomic E-state index is 5.38. The Morgan fingerprint density at radius 1 is 0.205 bits per heavy atom. The molecule has 73 heavy (non-hydrogen) atoms. The zero-order valence-corrected chi connectivity index (χ0v) is 39.8. The Kier molecular flexibility index (Phi) is 11.2. The second kappa shape index (κ2) is 18.9. The molecule has 4 heteroatoms. The first kappa shape index (κ1) is 43.3. The molecule has 0 atom stereocenters. The molecule has 0 bridgehead atoms. The number of nitrogens with zero attached hydrogens (tertiary/aromatic N) is 4. The average molecular weight is 931 g/mol. The highest BCUT2D eigenvalue weighted by molar-refractivity contribution is 6.13. The second-order valence-corrected chi connectivity index (χ2v) is 18.4. The summed E-state index contributed by atoms with van der Waals surface area (Å²) in [7, 11) is 0. The van der Waals surface area contributed by atoms with Gasteiger partial charge in [0.2, 0.25) is 0 Å². The highest BCUT2D eigenvalue weighted by atomic mass is 15.0. The third-order valence-corrected chi connectivity index (χ3v) is 13.9. The largest absolute Gasteiger partial charge is 0.308 e. The van der Waals surface area contributed by atoms with Gasteiger partial charge in [0.25, 0.3) is 0 Å². The number of benzene rings is 11. The molecule has 13 rings (SSSR count). The van der Waals surface area contributed by atoms with Crippen LogP contribution < -0.4 is 0 Å². The van der Waals surface area contributed by atoms with E-state index in [9.17, 15) is 0 Å². The van der Waals surface area contributed by atoms with Crippen LogP contribution >= 0.6 is 0 Å². The first-order valence-corrected chi connectivity index (χ1v) is 24.8. The van der Waals surface area contributed by atoms with Crippen LogP contribution in [0.15, 0.2) is 279 Å². The molecule has 11 aromatic carbocycles. The van der Waals surface area contributed by atoms with Gasteiger partial charge in [0.15, 0.2) is 17.5 Å². The molecule has 0 spiro atoms. The number of fused-ring (bicyclic) bond motifs is 3. The van der Waals surface area contributed by atoms with Gasteiger partial charge < -0.3 is 4.57 Å². The maximum Gasteiger partial charge on any atom is 0.164 e. The molecular formula is C69H46N4. The summed E-state index contributed by atoms with van der Waals surface area (Å²) in [5, 5.41) is 2.36. The second-order valence-electron chi connectivity index (χ2n) is 18.4. The molecule has 0 aliphatic rings. The highest BCUT2D eigenvalue weighted by Crippen LogP contribution is 2.45. The Balaban J connectivity index is 1.06. The first-order valence-electron chi connectivity index (χ1n) is 24.8. The predicted octanol–water partition coefficient (Wildman–Crippen LogP) is 18.0. The van der Waals surface area contributed by atoms with E-state index in [1.807, 2.05) is 12.1 Å². The lowest BCUT2D eigenvalue weighted by molar-refractivity contribution is 1.07. The van der Waals surface area contributed by atoms with Crippen molar-refractivity contribution >= 4 is 21.8 Å². The van der Waals surface area contributed by atoms with Gasteiger partial charge in [-0.05, 0) is 92.0 Å². The fourth-order valence-electron chi connectivity index (χ4n) is 10.2. The molecule has 0 amide bonds. The summed E-state index contributed by atoms with van der Waals surface area (Å²) in [6.07, 6.45) is 0. The van der Waals surface area contributed by atoms with Crippen molar-refractivity contribution in [3.63, 3.8) is 0 Å². The summed E-state index contributed by atoms with van der Waals surface area (Å²) < 4.78 is 2.48. The van der Waals surface area contributed by atoms with Crippen molar-refractivity contribution in [1.82, 2.24) is 19.5 Å². The highest BCUT2D eigenvalue weighted by Gasteiger charge is 2.24. The molecule has 2 heterocycles. The van der Waals surface area contributed by atoms with Gasteiger partial charge in [-0.3, -0.25) is 0 Å². The van der Waals surface area contributed by atoms with Crippen molar-refractivity contribution in [3.8, 4) is 107 Å². The van der Waals surface area contributed by atoms with Crippen LogP contribution in [-0.2, 0) is 0 Å². The number of hydrogen-bond donors (Lipinski definition) is 0. The standard InChI is InChI=1S/C69H46N4/c1-7-19-47(20-8-1)51-31-35-55(36-32-51)67-70-68(56-37-33-52(34-38-56)48-21-9-2-10-22-48)72-69(71-67)59-45-60(53-27-15-5-16-28-53)66(61(46-59)54-29-17-6-18-30-54)73-64-41-39-57(49-23-11-3-12-24-49)43-62(64)63-44-58(40-42-65(63)73)50-25-13-4-14-26-50/h1-46H. The molecule has 0 aliphatic carbocycles. The van der Waals surface area contributed by atoms with Gasteiger partial charge in [0.05, 0.1) is 16.7 Å². The van der Waals surface area contributed by atoms with Crippen LogP contribution in [0.5, 0.6) is 0 Å². The molecule has 0 saturated heterocycles. The van der Waals surface area contributed by atoms with E-state index in [0.717, 1.165) is 77.9 Å². The molecule has 0 fully saturated rings. The van der Waals surface area contributed by atoms with Gasteiger partial charge in [0, 0.05) is 38.6 Å². The van der Waals surface area contributed by atoms with Crippen LogP contribution in [0, 0.1) is 0 Å². The summed E-state index contributed by atoms with van der Waals surface area (Å²) in [5.41, 5.74) is 19.5. The molecule has 0 saturated carbocycles. The monoisotopic (exact) mass is 930 g/mol. The van der Waals surface area contributed by atoms with E-state index in [4.69, 9.17) is 15.0 Å². The van der Waals surface area contributed by atoms with Crippen LogP contribution in [-0.4, -0.2) is 19.5 Å². The van der Waals surface area contributed by atoms with Crippen LogP contribution in [0.4, 0.5) is 0 Å². The predicted molar refractivity (Wildman–Crippen MR) is 303 cm³/mol. The molecular weight excluding hydrogens is 885 g/mol. The van der Waals surface area contributed by atoms with E-state index in [1.54, 1.807) is 0 Å². The molecule has 342 valence electrons. The number of rotatable bonds is 10. The molecule has 0 aliphatic heterocycles. The fourth-order valence-corrected chi connectivity index (χ4v) is 10.2. The van der Waals surface area contributed by atoms with Crippen molar-refractivity contribution in [2.24, 2.45) is 0 Å². The van der Waals surface area contributed by atoms with Crippen molar-refractivity contribution < 1.29 is 0 Å². The van der Waals surface area contributed by atoms with Crippen LogP contribution in [0.25, 0.3) is 128 Å². The number of aromatic nitrogens is 4. The van der Waals surface area contributed by atoms with Gasteiger partial charge in [-0.2, -0.15) is 0 Å². The smallest absolute Gasteiger partial charge is 0.164 e. The molecule has 0 N–H and O–H groups in total. The Morgan fingerprint density at radius 3 is 0.808 bits per heavy atom. The topological polar surface area (TPSA) is 43.6 Å². The van der Waals surface area contributed by atoms with Crippen LogP contribution in [0.3, 0.4) is 0 Å². The van der Waals surface area contributed by atoms with E-state index in [0.29, 0.717) is 17.5 Å². The maximum absolute atomic E-state index is 5.38. The Bertz CT molecular complexity index is 3800. The third-order valence-electron chi connectivity index (χ3n) is 13.9. The van der Waals surface area contributed by atoms with Crippen molar-refractivity contribution in [2.75, 3.05) is 0 Å². The molecule has 4 nitrogen and oxygen atoms in total. The van der Waals surface area contributed by atoms with Crippen molar-refractivity contribution in [1.29, 1.82) is 0 Å². The number of hydrogen-bond acceptors (Lipinski definition) is 3. The average Bonchev–Trinajstić information content (AvgIpc) is 3.81. The van der Waals surface area contributed by atoms with Crippen molar-refractivity contribution in [3.05, 3.63) is 279 Å². The quantitative estimate of drug-likeness (QED) is 0.137. The lowest BCUT2D eigenvalue weighted by Gasteiger charge is -2.21.